The Morgan fingerprint density at radius 3 is 2.93 bits per heavy atom. The van der Waals surface area contributed by atoms with Gasteiger partial charge in [0, 0.05) is 11.6 Å². The Morgan fingerprint density at radius 1 is 1.73 bits per heavy atom. The Morgan fingerprint density at radius 2 is 2.40 bits per heavy atom. The van der Waals surface area contributed by atoms with E-state index >= 15 is 0 Å². The fourth-order valence-corrected chi connectivity index (χ4v) is 1.31. The largest absolute Gasteiger partial charge is 0.392 e. The van der Waals surface area contributed by atoms with Crippen molar-refractivity contribution < 1.29 is 10.0 Å². The van der Waals surface area contributed by atoms with Crippen LogP contribution in [0, 0.1) is 17.0 Å². The summed E-state index contributed by atoms with van der Waals surface area (Å²) in [5, 5.41) is 19.4. The van der Waals surface area contributed by atoms with Gasteiger partial charge in [0.2, 0.25) is 0 Å². The van der Waals surface area contributed by atoms with Crippen LogP contribution in [0.4, 0.5) is 5.69 Å². The zero-order valence-corrected chi connectivity index (χ0v) is 8.73. The van der Waals surface area contributed by atoms with Gasteiger partial charge < -0.3 is 5.11 Å². The second-order valence-corrected chi connectivity index (χ2v) is 3.17. The Hall–Kier alpha value is -1.46. The summed E-state index contributed by atoms with van der Waals surface area (Å²) in [6.45, 7) is 1.36. The first-order valence-electron chi connectivity index (χ1n) is 4.15. The molecular weight excluding hydrogens is 220 g/mol. The molecule has 0 spiro atoms. The van der Waals surface area contributed by atoms with Gasteiger partial charge in [-0.25, -0.2) is 4.98 Å². The molecule has 1 aromatic heterocycles. The van der Waals surface area contributed by atoms with Gasteiger partial charge in [0.15, 0.2) is 0 Å². The van der Waals surface area contributed by atoms with E-state index < -0.39 is 4.92 Å². The first-order valence-corrected chi connectivity index (χ1v) is 4.53. The van der Waals surface area contributed by atoms with Crippen LogP contribution in [0.2, 0.25) is 5.15 Å². The van der Waals surface area contributed by atoms with E-state index in [0.29, 0.717) is 5.56 Å². The predicted octanol–water partition coefficient (Wildman–Crippen LogP) is 1.96. The number of pyridine rings is 1. The molecule has 6 heteroatoms. The van der Waals surface area contributed by atoms with Crippen LogP contribution in [0.5, 0.6) is 0 Å². The van der Waals surface area contributed by atoms with Gasteiger partial charge in [-0.1, -0.05) is 23.8 Å². The number of aliphatic hydroxyl groups excluding tert-OH is 1. The number of halogens is 1. The Balaban J connectivity index is 3.23. The first kappa shape index (κ1) is 11.6. The van der Waals surface area contributed by atoms with E-state index in [9.17, 15) is 10.1 Å². The lowest BCUT2D eigenvalue weighted by Crippen LogP contribution is -1.96. The molecule has 1 aromatic rings. The summed E-state index contributed by atoms with van der Waals surface area (Å²) >= 11 is 5.78. The maximum atomic E-state index is 10.6. The standard InChI is InChI=1S/C9H9ClN2O3/c1-6-8(12(14)15)5-7(3-2-4-13)9(10)11-6/h2-3,5,13H,4H2,1H3. The highest BCUT2D eigenvalue weighted by atomic mass is 35.5. The van der Waals surface area contributed by atoms with Gasteiger partial charge in [0.05, 0.1) is 11.5 Å². The van der Waals surface area contributed by atoms with Gasteiger partial charge in [-0.05, 0) is 6.92 Å². The van der Waals surface area contributed by atoms with Crippen LogP contribution >= 0.6 is 11.6 Å². The molecule has 0 fully saturated rings. The molecular formula is C9H9ClN2O3. The molecule has 80 valence electrons. The van der Waals surface area contributed by atoms with Crippen LogP contribution in [0.25, 0.3) is 6.08 Å². The predicted molar refractivity (Wildman–Crippen MR) is 56.8 cm³/mol. The number of aromatic nitrogens is 1. The Labute approximate surface area is 91.2 Å². The Kier molecular flexibility index (Phi) is 3.76. The van der Waals surface area contributed by atoms with Crippen LogP contribution < -0.4 is 0 Å². The van der Waals surface area contributed by atoms with Gasteiger partial charge in [0.25, 0.3) is 5.69 Å². The summed E-state index contributed by atoms with van der Waals surface area (Å²) in [5.41, 5.74) is 0.603. The van der Waals surface area contributed by atoms with Crippen molar-refractivity contribution in [1.82, 2.24) is 4.98 Å². The second kappa shape index (κ2) is 4.86. The van der Waals surface area contributed by atoms with Crippen molar-refractivity contribution in [2.45, 2.75) is 6.92 Å². The monoisotopic (exact) mass is 228 g/mol. The van der Waals surface area contributed by atoms with E-state index in [0.717, 1.165) is 0 Å². The van der Waals surface area contributed by atoms with E-state index in [2.05, 4.69) is 4.98 Å². The van der Waals surface area contributed by atoms with Crippen molar-refractivity contribution in [3.8, 4) is 0 Å². The molecule has 0 atom stereocenters. The average molecular weight is 229 g/mol. The van der Waals surface area contributed by atoms with Gasteiger partial charge in [-0.2, -0.15) is 0 Å². The fourth-order valence-electron chi connectivity index (χ4n) is 1.06. The summed E-state index contributed by atoms with van der Waals surface area (Å²) in [6.07, 6.45) is 2.92. The molecule has 0 saturated heterocycles. The van der Waals surface area contributed by atoms with Crippen molar-refractivity contribution in [1.29, 1.82) is 0 Å². The number of rotatable bonds is 3. The molecule has 0 aromatic carbocycles. The topological polar surface area (TPSA) is 76.3 Å². The molecule has 0 bridgehead atoms. The van der Waals surface area contributed by atoms with Crippen molar-refractivity contribution in [2.75, 3.05) is 6.61 Å². The highest BCUT2D eigenvalue weighted by Gasteiger charge is 2.14. The summed E-state index contributed by atoms with van der Waals surface area (Å²) in [6, 6.07) is 1.33. The van der Waals surface area contributed by atoms with Crippen LogP contribution in [0.1, 0.15) is 11.3 Å². The van der Waals surface area contributed by atoms with Crippen molar-refractivity contribution >= 4 is 23.4 Å². The highest BCUT2D eigenvalue weighted by Crippen LogP contribution is 2.23. The summed E-state index contributed by atoms with van der Waals surface area (Å²) in [4.78, 5) is 13.9. The SMILES string of the molecule is Cc1nc(Cl)c(C=CCO)cc1[N+](=O)[O-]. The molecule has 0 amide bonds. The minimum Gasteiger partial charge on any atom is -0.392 e. The van der Waals surface area contributed by atoms with Gasteiger partial charge in [0.1, 0.15) is 10.8 Å². The lowest BCUT2D eigenvalue weighted by molar-refractivity contribution is -0.385. The normalized spacial score (nSPS) is 10.9. The molecule has 0 aliphatic rings. The molecule has 5 nitrogen and oxygen atoms in total. The molecule has 1 heterocycles. The average Bonchev–Trinajstić information content (AvgIpc) is 2.16. The third-order valence-electron chi connectivity index (χ3n) is 1.77. The summed E-state index contributed by atoms with van der Waals surface area (Å²) in [7, 11) is 0. The second-order valence-electron chi connectivity index (χ2n) is 2.81. The van der Waals surface area contributed by atoms with E-state index in [1.807, 2.05) is 0 Å². The molecule has 0 aliphatic heterocycles. The number of aliphatic hydroxyl groups is 1. The zero-order chi connectivity index (χ0) is 11.4. The van der Waals surface area contributed by atoms with Gasteiger partial charge in [-0.15, -0.1) is 0 Å². The maximum absolute atomic E-state index is 10.6. The smallest absolute Gasteiger partial charge is 0.291 e. The van der Waals surface area contributed by atoms with E-state index in [4.69, 9.17) is 16.7 Å². The maximum Gasteiger partial charge on any atom is 0.291 e. The van der Waals surface area contributed by atoms with Crippen molar-refractivity contribution in [3.63, 3.8) is 0 Å². The molecule has 0 unspecified atom stereocenters. The van der Waals surface area contributed by atoms with Crippen molar-refractivity contribution in [3.05, 3.63) is 38.7 Å². The highest BCUT2D eigenvalue weighted by molar-refractivity contribution is 6.30. The molecule has 1 rings (SSSR count). The van der Waals surface area contributed by atoms with E-state index in [1.165, 1.54) is 25.1 Å². The van der Waals surface area contributed by atoms with Gasteiger partial charge in [-0.3, -0.25) is 10.1 Å². The van der Waals surface area contributed by atoms with Crippen LogP contribution in [0.3, 0.4) is 0 Å². The van der Waals surface area contributed by atoms with E-state index in [-0.39, 0.29) is 23.1 Å². The summed E-state index contributed by atoms with van der Waals surface area (Å²) < 4.78 is 0. The third-order valence-corrected chi connectivity index (χ3v) is 2.07. The number of aryl methyl sites for hydroxylation is 1. The van der Waals surface area contributed by atoms with Gasteiger partial charge >= 0.3 is 0 Å². The molecule has 15 heavy (non-hydrogen) atoms. The zero-order valence-electron chi connectivity index (χ0n) is 7.98. The lowest BCUT2D eigenvalue weighted by atomic mass is 10.2. The third kappa shape index (κ3) is 2.74. The van der Waals surface area contributed by atoms with Crippen molar-refractivity contribution in [2.24, 2.45) is 0 Å². The quantitative estimate of drug-likeness (QED) is 0.487. The minimum atomic E-state index is -0.519. The fraction of sp³-hybridized carbons (Fsp3) is 0.222. The number of hydrogen-bond acceptors (Lipinski definition) is 4. The number of hydrogen-bond donors (Lipinski definition) is 1. The lowest BCUT2D eigenvalue weighted by Gasteiger charge is -2.00. The summed E-state index contributed by atoms with van der Waals surface area (Å²) in [5.74, 6) is 0. The molecule has 0 radical (unpaired) electrons. The molecule has 0 saturated carbocycles. The first-order chi connectivity index (χ1) is 7.06. The molecule has 0 aliphatic carbocycles. The Bertz CT molecular complexity index is 418. The van der Waals surface area contributed by atoms with E-state index in [1.54, 1.807) is 0 Å². The number of nitro groups is 1. The number of nitrogens with zero attached hydrogens (tertiary/aromatic N) is 2. The minimum absolute atomic E-state index is 0.0861. The van der Waals surface area contributed by atoms with Crippen LogP contribution in [0.15, 0.2) is 12.1 Å². The van der Waals surface area contributed by atoms with Crippen LogP contribution in [-0.4, -0.2) is 21.6 Å². The van der Waals surface area contributed by atoms with Crippen LogP contribution in [-0.2, 0) is 0 Å². The molecule has 1 N–H and O–H groups in total.